The molecule has 0 unspecified atom stereocenters. The summed E-state index contributed by atoms with van der Waals surface area (Å²) in [5.74, 6) is 0.921. The molecular formula is C11H12N4S. The van der Waals surface area contributed by atoms with Crippen LogP contribution < -0.4 is 5.32 Å². The zero-order valence-corrected chi connectivity index (χ0v) is 9.79. The number of nitrogens with one attached hydrogen (secondary N) is 1. The average Bonchev–Trinajstić information content (AvgIpc) is 3.13. The van der Waals surface area contributed by atoms with Crippen molar-refractivity contribution < 1.29 is 0 Å². The first-order valence-corrected chi connectivity index (χ1v) is 6.52. The van der Waals surface area contributed by atoms with Gasteiger partial charge in [-0.1, -0.05) is 11.8 Å². The molecule has 5 heteroatoms. The van der Waals surface area contributed by atoms with Crippen LogP contribution in [-0.2, 0) is 0 Å². The van der Waals surface area contributed by atoms with E-state index in [-0.39, 0.29) is 0 Å². The van der Waals surface area contributed by atoms with Gasteiger partial charge in [-0.15, -0.1) is 0 Å². The van der Waals surface area contributed by atoms with Crippen LogP contribution in [0.3, 0.4) is 0 Å². The molecule has 0 bridgehead atoms. The quantitative estimate of drug-likeness (QED) is 0.650. The van der Waals surface area contributed by atoms with Gasteiger partial charge in [-0.05, 0) is 31.2 Å². The van der Waals surface area contributed by atoms with Gasteiger partial charge < -0.3 is 5.32 Å². The van der Waals surface area contributed by atoms with Crippen molar-refractivity contribution >= 4 is 28.6 Å². The van der Waals surface area contributed by atoms with Crippen LogP contribution in [0, 0.1) is 0 Å². The van der Waals surface area contributed by atoms with E-state index in [2.05, 4.69) is 20.3 Å². The fourth-order valence-electron chi connectivity index (χ4n) is 1.56. The van der Waals surface area contributed by atoms with E-state index in [1.165, 1.54) is 12.8 Å². The maximum atomic E-state index is 4.50. The van der Waals surface area contributed by atoms with Crippen molar-refractivity contribution in [2.75, 3.05) is 11.6 Å². The third-order valence-corrected chi connectivity index (χ3v) is 3.10. The van der Waals surface area contributed by atoms with Crippen molar-refractivity contribution in [3.8, 4) is 0 Å². The van der Waals surface area contributed by atoms with E-state index in [4.69, 9.17) is 0 Å². The lowest BCUT2D eigenvalue weighted by molar-refractivity contribution is 0.975. The Hall–Kier alpha value is -1.36. The van der Waals surface area contributed by atoms with Gasteiger partial charge >= 0.3 is 0 Å². The highest BCUT2D eigenvalue weighted by atomic mass is 32.2. The second-order valence-electron chi connectivity index (χ2n) is 3.85. The van der Waals surface area contributed by atoms with E-state index in [0.29, 0.717) is 6.04 Å². The number of pyridine rings is 1. The van der Waals surface area contributed by atoms with Crippen LogP contribution >= 0.6 is 11.8 Å². The van der Waals surface area contributed by atoms with E-state index >= 15 is 0 Å². The molecule has 0 atom stereocenters. The number of thioether (sulfide) groups is 1. The van der Waals surface area contributed by atoms with Crippen LogP contribution in [0.5, 0.6) is 0 Å². The lowest BCUT2D eigenvalue weighted by Gasteiger charge is -2.07. The van der Waals surface area contributed by atoms with E-state index in [9.17, 15) is 0 Å². The van der Waals surface area contributed by atoms with Crippen molar-refractivity contribution in [2.45, 2.75) is 24.0 Å². The highest BCUT2D eigenvalue weighted by Gasteiger charge is 2.22. The minimum absolute atomic E-state index is 0.591. The minimum atomic E-state index is 0.591. The van der Waals surface area contributed by atoms with Gasteiger partial charge in [0, 0.05) is 12.2 Å². The largest absolute Gasteiger partial charge is 0.367 e. The zero-order chi connectivity index (χ0) is 11.0. The van der Waals surface area contributed by atoms with Crippen LogP contribution in [0.2, 0.25) is 0 Å². The highest BCUT2D eigenvalue weighted by Crippen LogP contribution is 2.28. The molecule has 1 N–H and O–H groups in total. The summed E-state index contributed by atoms with van der Waals surface area (Å²) in [6, 6.07) is 4.52. The molecule has 0 aromatic carbocycles. The molecule has 16 heavy (non-hydrogen) atoms. The third-order valence-electron chi connectivity index (χ3n) is 2.55. The van der Waals surface area contributed by atoms with Crippen LogP contribution in [0.15, 0.2) is 23.5 Å². The highest BCUT2D eigenvalue weighted by molar-refractivity contribution is 7.98. The van der Waals surface area contributed by atoms with Gasteiger partial charge in [-0.3, -0.25) is 0 Å². The Morgan fingerprint density at radius 1 is 1.38 bits per heavy atom. The molecule has 4 nitrogen and oxygen atoms in total. The zero-order valence-electron chi connectivity index (χ0n) is 8.97. The van der Waals surface area contributed by atoms with Gasteiger partial charge in [-0.2, -0.15) is 0 Å². The van der Waals surface area contributed by atoms with Gasteiger partial charge in [0.2, 0.25) is 0 Å². The van der Waals surface area contributed by atoms with Crippen molar-refractivity contribution in [3.05, 3.63) is 18.3 Å². The molecule has 0 aliphatic heterocycles. The molecule has 2 aromatic rings. The summed E-state index contributed by atoms with van der Waals surface area (Å²) < 4.78 is 0. The number of anilines is 1. The first-order chi connectivity index (χ1) is 7.86. The number of nitrogens with zero attached hydrogens (tertiary/aromatic N) is 3. The van der Waals surface area contributed by atoms with Gasteiger partial charge in [0.25, 0.3) is 0 Å². The first-order valence-electron chi connectivity index (χ1n) is 5.30. The Balaban J connectivity index is 2.13. The lowest BCUT2D eigenvalue weighted by Crippen LogP contribution is -2.05. The summed E-state index contributed by atoms with van der Waals surface area (Å²) in [6.07, 6.45) is 6.21. The van der Waals surface area contributed by atoms with E-state index in [0.717, 1.165) is 22.0 Å². The topological polar surface area (TPSA) is 50.7 Å². The smallest absolute Gasteiger partial charge is 0.191 e. The number of hydrogen-bond acceptors (Lipinski definition) is 5. The van der Waals surface area contributed by atoms with E-state index in [1.54, 1.807) is 18.0 Å². The van der Waals surface area contributed by atoms with Crippen LogP contribution in [0.25, 0.3) is 11.0 Å². The van der Waals surface area contributed by atoms with Gasteiger partial charge in [0.15, 0.2) is 10.8 Å². The fourth-order valence-corrected chi connectivity index (χ4v) is 1.93. The molecule has 0 amide bonds. The van der Waals surface area contributed by atoms with Crippen LogP contribution in [-0.4, -0.2) is 27.2 Å². The van der Waals surface area contributed by atoms with Crippen molar-refractivity contribution in [1.29, 1.82) is 0 Å². The Labute approximate surface area is 97.9 Å². The van der Waals surface area contributed by atoms with Crippen molar-refractivity contribution in [1.82, 2.24) is 15.0 Å². The number of aromatic nitrogens is 3. The number of rotatable bonds is 3. The van der Waals surface area contributed by atoms with E-state index in [1.807, 2.05) is 18.4 Å². The van der Waals surface area contributed by atoms with Gasteiger partial charge in [-0.25, -0.2) is 15.0 Å². The molecule has 0 radical (unpaired) electrons. The summed E-state index contributed by atoms with van der Waals surface area (Å²) in [6.45, 7) is 0. The summed E-state index contributed by atoms with van der Waals surface area (Å²) in [5.41, 5.74) is 0.769. The normalized spacial score (nSPS) is 15.3. The Morgan fingerprint density at radius 3 is 3.00 bits per heavy atom. The molecular weight excluding hydrogens is 220 g/mol. The molecule has 2 heterocycles. The molecule has 2 aromatic heterocycles. The molecule has 1 fully saturated rings. The summed E-state index contributed by atoms with van der Waals surface area (Å²) in [4.78, 5) is 13.2. The minimum Gasteiger partial charge on any atom is -0.367 e. The van der Waals surface area contributed by atoms with E-state index < -0.39 is 0 Å². The molecule has 0 spiro atoms. The molecule has 82 valence electrons. The summed E-state index contributed by atoms with van der Waals surface area (Å²) >= 11 is 1.54. The molecule has 1 aliphatic carbocycles. The fraction of sp³-hybridized carbons (Fsp3) is 0.364. The van der Waals surface area contributed by atoms with Crippen molar-refractivity contribution in [3.63, 3.8) is 0 Å². The predicted molar refractivity (Wildman–Crippen MR) is 65.8 cm³/mol. The molecule has 1 aliphatic rings. The average molecular weight is 232 g/mol. The van der Waals surface area contributed by atoms with Gasteiger partial charge in [0.05, 0.1) is 5.39 Å². The van der Waals surface area contributed by atoms with Crippen LogP contribution in [0.1, 0.15) is 12.8 Å². The molecule has 0 saturated heterocycles. The molecule has 1 saturated carbocycles. The Morgan fingerprint density at radius 2 is 2.25 bits per heavy atom. The first kappa shape index (κ1) is 9.84. The second kappa shape index (κ2) is 3.90. The summed E-state index contributed by atoms with van der Waals surface area (Å²) in [7, 11) is 0. The number of fused-ring (bicyclic) bond motifs is 1. The maximum Gasteiger partial charge on any atom is 0.191 e. The Bertz CT molecular complexity index is 524. The SMILES string of the molecule is CSc1nc(NC2CC2)c2cccnc2n1. The standard InChI is InChI=1S/C11H12N4S/c1-16-11-14-9-8(3-2-6-12-9)10(15-11)13-7-4-5-7/h2-3,6-7H,4-5H2,1H3,(H,12,13,14,15). The maximum absolute atomic E-state index is 4.50. The van der Waals surface area contributed by atoms with Gasteiger partial charge in [0.1, 0.15) is 5.82 Å². The lowest BCUT2D eigenvalue weighted by atomic mass is 10.3. The molecule has 3 rings (SSSR count). The third kappa shape index (κ3) is 1.82. The number of hydrogen-bond donors (Lipinski definition) is 1. The second-order valence-corrected chi connectivity index (χ2v) is 4.63. The summed E-state index contributed by atoms with van der Waals surface area (Å²) in [5, 5.41) is 5.21. The monoisotopic (exact) mass is 232 g/mol. The van der Waals surface area contributed by atoms with Crippen LogP contribution in [0.4, 0.5) is 5.82 Å². The van der Waals surface area contributed by atoms with Crippen molar-refractivity contribution in [2.24, 2.45) is 0 Å². The predicted octanol–water partition coefficient (Wildman–Crippen LogP) is 2.32. The Kier molecular flexibility index (Phi) is 2.40.